The lowest BCUT2D eigenvalue weighted by Crippen LogP contribution is -2.49. The van der Waals surface area contributed by atoms with Crippen LogP contribution in [0.1, 0.15) is 19.4 Å². The van der Waals surface area contributed by atoms with Crippen LogP contribution < -0.4 is 10.9 Å². The van der Waals surface area contributed by atoms with Gasteiger partial charge in [0.15, 0.2) is 5.76 Å². The molecule has 134 valence electrons. The molecule has 26 heavy (non-hydrogen) atoms. The number of nitrogens with one attached hydrogen (secondary N) is 1. The second kappa shape index (κ2) is 6.95. The van der Waals surface area contributed by atoms with Gasteiger partial charge in [0.1, 0.15) is 17.1 Å². The standard InChI is InChI=1S/C19H18FN3O3/c1-19(2,18(25)21-12-13-6-3-4-7-14(13)20)23-17(24)10-9-15(22-23)16-8-5-11-26-16/h3-11H,12H2,1-2H3,(H,21,25). The van der Waals surface area contributed by atoms with E-state index in [1.165, 1.54) is 24.5 Å². The van der Waals surface area contributed by atoms with Gasteiger partial charge in [0.25, 0.3) is 5.56 Å². The summed E-state index contributed by atoms with van der Waals surface area (Å²) in [4.78, 5) is 24.9. The van der Waals surface area contributed by atoms with Crippen molar-refractivity contribution in [2.75, 3.05) is 0 Å². The highest BCUT2D eigenvalue weighted by Gasteiger charge is 2.32. The van der Waals surface area contributed by atoms with Crippen molar-refractivity contribution in [2.24, 2.45) is 0 Å². The molecule has 1 N–H and O–H groups in total. The summed E-state index contributed by atoms with van der Waals surface area (Å²) in [6.07, 6.45) is 1.50. The van der Waals surface area contributed by atoms with Crippen molar-refractivity contribution >= 4 is 5.91 Å². The lowest BCUT2D eigenvalue weighted by molar-refractivity contribution is -0.129. The summed E-state index contributed by atoms with van der Waals surface area (Å²) >= 11 is 0. The molecule has 1 amide bonds. The molecule has 0 radical (unpaired) electrons. The molecule has 0 aliphatic carbocycles. The topological polar surface area (TPSA) is 77.1 Å². The molecule has 2 aromatic heterocycles. The van der Waals surface area contributed by atoms with E-state index in [2.05, 4.69) is 10.4 Å². The molecule has 6 nitrogen and oxygen atoms in total. The number of carbonyl (C=O) groups excluding carboxylic acids is 1. The molecule has 3 aromatic rings. The third kappa shape index (κ3) is 3.42. The number of rotatable bonds is 5. The van der Waals surface area contributed by atoms with E-state index in [9.17, 15) is 14.0 Å². The average Bonchev–Trinajstić information content (AvgIpc) is 3.15. The van der Waals surface area contributed by atoms with E-state index in [4.69, 9.17) is 4.42 Å². The van der Waals surface area contributed by atoms with E-state index in [-0.39, 0.29) is 6.54 Å². The number of aromatic nitrogens is 2. The van der Waals surface area contributed by atoms with E-state index in [1.807, 2.05) is 0 Å². The fourth-order valence-corrected chi connectivity index (χ4v) is 2.50. The smallest absolute Gasteiger partial charge is 0.267 e. The van der Waals surface area contributed by atoms with E-state index < -0.39 is 22.8 Å². The van der Waals surface area contributed by atoms with Crippen molar-refractivity contribution in [1.29, 1.82) is 0 Å². The number of carbonyl (C=O) groups is 1. The Labute approximate surface area is 149 Å². The Morgan fingerprint density at radius 3 is 2.65 bits per heavy atom. The summed E-state index contributed by atoms with van der Waals surface area (Å²) in [7, 11) is 0. The zero-order chi connectivity index (χ0) is 18.7. The number of halogens is 1. The van der Waals surface area contributed by atoms with Gasteiger partial charge >= 0.3 is 0 Å². The molecule has 0 unspecified atom stereocenters. The van der Waals surface area contributed by atoms with E-state index in [0.717, 1.165) is 4.68 Å². The largest absolute Gasteiger partial charge is 0.463 e. The van der Waals surface area contributed by atoms with Crippen LogP contribution in [-0.4, -0.2) is 15.7 Å². The molecule has 1 aromatic carbocycles. The highest BCUT2D eigenvalue weighted by Crippen LogP contribution is 2.18. The Bertz CT molecular complexity index is 978. The number of benzene rings is 1. The molecule has 0 bridgehead atoms. The predicted molar refractivity (Wildman–Crippen MR) is 93.8 cm³/mol. The van der Waals surface area contributed by atoms with Crippen LogP contribution in [-0.2, 0) is 16.9 Å². The lowest BCUT2D eigenvalue weighted by Gasteiger charge is -2.25. The SMILES string of the molecule is CC(C)(C(=O)NCc1ccccc1F)n1nc(-c2ccco2)ccc1=O. The van der Waals surface area contributed by atoms with Gasteiger partial charge in [-0.3, -0.25) is 9.59 Å². The van der Waals surface area contributed by atoms with Gasteiger partial charge in [0, 0.05) is 18.2 Å². The third-order valence-electron chi connectivity index (χ3n) is 4.06. The number of hydrogen-bond donors (Lipinski definition) is 1. The summed E-state index contributed by atoms with van der Waals surface area (Å²) < 4.78 is 20.1. The van der Waals surface area contributed by atoms with Crippen LogP contribution in [0.3, 0.4) is 0 Å². The molecule has 2 heterocycles. The van der Waals surface area contributed by atoms with Crippen LogP contribution in [0.5, 0.6) is 0 Å². The first kappa shape index (κ1) is 17.6. The van der Waals surface area contributed by atoms with Crippen molar-refractivity contribution in [3.63, 3.8) is 0 Å². The van der Waals surface area contributed by atoms with Gasteiger partial charge in [-0.25, -0.2) is 9.07 Å². The van der Waals surface area contributed by atoms with E-state index >= 15 is 0 Å². The minimum absolute atomic E-state index is 0.0154. The maximum absolute atomic E-state index is 13.7. The zero-order valence-corrected chi connectivity index (χ0v) is 14.4. The number of hydrogen-bond acceptors (Lipinski definition) is 4. The first-order chi connectivity index (χ1) is 12.4. The molecule has 0 fully saturated rings. The van der Waals surface area contributed by atoms with Gasteiger partial charge in [0.05, 0.1) is 6.26 Å². The fraction of sp³-hybridized carbons (Fsp3) is 0.211. The lowest BCUT2D eigenvalue weighted by atomic mass is 10.0. The van der Waals surface area contributed by atoms with Crippen molar-refractivity contribution in [1.82, 2.24) is 15.1 Å². The van der Waals surface area contributed by atoms with Gasteiger partial charge < -0.3 is 9.73 Å². The molecular weight excluding hydrogens is 337 g/mol. The Morgan fingerprint density at radius 2 is 1.96 bits per heavy atom. The molecule has 0 aliphatic heterocycles. The molecule has 0 saturated carbocycles. The van der Waals surface area contributed by atoms with Crippen molar-refractivity contribution in [2.45, 2.75) is 25.9 Å². The molecule has 0 spiro atoms. The molecular formula is C19H18FN3O3. The minimum Gasteiger partial charge on any atom is -0.463 e. The fourth-order valence-electron chi connectivity index (χ4n) is 2.50. The summed E-state index contributed by atoms with van der Waals surface area (Å²) in [5.74, 6) is -0.367. The van der Waals surface area contributed by atoms with Gasteiger partial charge in [-0.1, -0.05) is 18.2 Å². The Morgan fingerprint density at radius 1 is 1.19 bits per heavy atom. The first-order valence-corrected chi connectivity index (χ1v) is 8.06. The van der Waals surface area contributed by atoms with Crippen molar-refractivity contribution in [3.8, 4) is 11.5 Å². The van der Waals surface area contributed by atoms with Crippen LogP contribution in [0.2, 0.25) is 0 Å². The van der Waals surface area contributed by atoms with Crippen LogP contribution in [0, 0.1) is 5.82 Å². The summed E-state index contributed by atoms with van der Waals surface area (Å²) in [5.41, 5.74) is -0.900. The molecule has 0 atom stereocenters. The Balaban J connectivity index is 1.85. The summed E-state index contributed by atoms with van der Waals surface area (Å²) in [6, 6.07) is 12.5. The van der Waals surface area contributed by atoms with Crippen molar-refractivity contribution in [3.05, 3.63) is 76.5 Å². The monoisotopic (exact) mass is 355 g/mol. The predicted octanol–water partition coefficient (Wildman–Crippen LogP) is 2.69. The zero-order valence-electron chi connectivity index (χ0n) is 14.4. The van der Waals surface area contributed by atoms with Crippen LogP contribution >= 0.6 is 0 Å². The molecule has 0 saturated heterocycles. The third-order valence-corrected chi connectivity index (χ3v) is 4.06. The maximum Gasteiger partial charge on any atom is 0.267 e. The van der Waals surface area contributed by atoms with Crippen molar-refractivity contribution < 1.29 is 13.6 Å². The highest BCUT2D eigenvalue weighted by molar-refractivity contribution is 5.83. The number of nitrogens with zero attached hydrogens (tertiary/aromatic N) is 2. The quantitative estimate of drug-likeness (QED) is 0.763. The molecule has 3 rings (SSSR count). The maximum atomic E-state index is 13.7. The van der Waals surface area contributed by atoms with E-state index in [0.29, 0.717) is 17.0 Å². The average molecular weight is 355 g/mol. The minimum atomic E-state index is -1.27. The van der Waals surface area contributed by atoms with Gasteiger partial charge in [-0.05, 0) is 38.1 Å². The van der Waals surface area contributed by atoms with Crippen LogP contribution in [0.25, 0.3) is 11.5 Å². The van der Waals surface area contributed by atoms with Gasteiger partial charge in [0.2, 0.25) is 5.91 Å². The van der Waals surface area contributed by atoms with Gasteiger partial charge in [-0.2, -0.15) is 5.10 Å². The summed E-state index contributed by atoms with van der Waals surface area (Å²) in [5, 5.41) is 6.91. The normalized spacial score (nSPS) is 11.3. The van der Waals surface area contributed by atoms with E-state index in [1.54, 1.807) is 44.2 Å². The second-order valence-corrected chi connectivity index (χ2v) is 6.28. The first-order valence-electron chi connectivity index (χ1n) is 8.06. The van der Waals surface area contributed by atoms with Crippen LogP contribution in [0.4, 0.5) is 4.39 Å². The highest BCUT2D eigenvalue weighted by atomic mass is 19.1. The summed E-state index contributed by atoms with van der Waals surface area (Å²) in [6.45, 7) is 3.16. The number of amides is 1. The Kier molecular flexibility index (Phi) is 4.71. The number of furan rings is 1. The second-order valence-electron chi connectivity index (χ2n) is 6.28. The molecule has 0 aliphatic rings. The Hall–Kier alpha value is -3.22. The van der Waals surface area contributed by atoms with Gasteiger partial charge in [-0.15, -0.1) is 0 Å². The molecule has 7 heteroatoms. The van der Waals surface area contributed by atoms with Crippen LogP contribution in [0.15, 0.2) is 64.0 Å².